The van der Waals surface area contributed by atoms with Crippen molar-refractivity contribution in [2.45, 2.75) is 6.92 Å². The summed E-state index contributed by atoms with van der Waals surface area (Å²) in [6.07, 6.45) is 3.29. The molecule has 0 radical (unpaired) electrons. The normalized spacial score (nSPS) is 10.3. The third-order valence-corrected chi connectivity index (χ3v) is 3.75. The van der Waals surface area contributed by atoms with E-state index in [9.17, 15) is 14.7 Å². The van der Waals surface area contributed by atoms with Gasteiger partial charge in [-0.05, 0) is 48.9 Å². The molecular weight excluding hydrogens is 316 g/mol. The Morgan fingerprint density at radius 3 is 2.36 bits per heavy atom. The van der Waals surface area contributed by atoms with Gasteiger partial charge in [0, 0.05) is 29.2 Å². The zero-order valence-electron chi connectivity index (χ0n) is 13.6. The number of aromatic carboxylic acids is 1. The fourth-order valence-corrected chi connectivity index (χ4v) is 2.43. The van der Waals surface area contributed by atoms with Crippen LogP contribution in [0.5, 0.6) is 0 Å². The number of carboxylic acids is 1. The van der Waals surface area contributed by atoms with Crippen LogP contribution in [0.3, 0.4) is 0 Å². The lowest BCUT2D eigenvalue weighted by molar-refractivity contribution is 0.0696. The number of hydrogen-bond acceptors (Lipinski definition) is 3. The van der Waals surface area contributed by atoms with E-state index in [2.05, 4.69) is 10.3 Å². The summed E-state index contributed by atoms with van der Waals surface area (Å²) in [5.74, 6) is -1.35. The van der Waals surface area contributed by atoms with Gasteiger partial charge in [-0.3, -0.25) is 9.78 Å². The summed E-state index contributed by atoms with van der Waals surface area (Å²) in [4.78, 5) is 27.8. The average molecular weight is 332 g/mol. The van der Waals surface area contributed by atoms with Crippen LogP contribution in [0.15, 0.2) is 67.0 Å². The summed E-state index contributed by atoms with van der Waals surface area (Å²) in [6, 6.07) is 15.5. The molecule has 3 rings (SSSR count). The molecule has 0 bridgehead atoms. The number of aromatic nitrogens is 1. The Morgan fingerprint density at radius 2 is 1.72 bits per heavy atom. The Morgan fingerprint density at radius 1 is 0.960 bits per heavy atom. The maximum absolute atomic E-state index is 12.4. The highest BCUT2D eigenvalue weighted by Crippen LogP contribution is 2.25. The molecule has 0 spiro atoms. The Bertz CT molecular complexity index is 919. The zero-order valence-corrected chi connectivity index (χ0v) is 13.6. The second-order valence-corrected chi connectivity index (χ2v) is 5.67. The number of carbonyl (C=O) groups excluding carboxylic acids is 1. The molecule has 5 nitrogen and oxygen atoms in total. The van der Waals surface area contributed by atoms with E-state index >= 15 is 0 Å². The Balaban J connectivity index is 1.95. The van der Waals surface area contributed by atoms with E-state index in [4.69, 9.17) is 0 Å². The monoisotopic (exact) mass is 332 g/mol. The van der Waals surface area contributed by atoms with Crippen LogP contribution in [0.25, 0.3) is 11.1 Å². The van der Waals surface area contributed by atoms with E-state index < -0.39 is 5.97 Å². The number of pyridine rings is 1. The number of anilines is 1. The van der Waals surface area contributed by atoms with Crippen molar-refractivity contribution in [3.05, 3.63) is 83.7 Å². The lowest BCUT2D eigenvalue weighted by atomic mass is 10.0. The molecule has 0 saturated carbocycles. The van der Waals surface area contributed by atoms with Crippen LogP contribution in [0, 0.1) is 6.92 Å². The van der Waals surface area contributed by atoms with Crippen molar-refractivity contribution in [1.29, 1.82) is 0 Å². The van der Waals surface area contributed by atoms with Crippen molar-refractivity contribution >= 4 is 17.6 Å². The van der Waals surface area contributed by atoms with E-state index in [1.165, 1.54) is 6.07 Å². The van der Waals surface area contributed by atoms with Gasteiger partial charge < -0.3 is 10.4 Å². The Hall–Kier alpha value is -3.47. The van der Waals surface area contributed by atoms with Crippen molar-refractivity contribution in [1.82, 2.24) is 4.98 Å². The van der Waals surface area contributed by atoms with Crippen molar-refractivity contribution in [2.75, 3.05) is 5.32 Å². The molecule has 124 valence electrons. The first kappa shape index (κ1) is 16.4. The average Bonchev–Trinajstić information content (AvgIpc) is 2.62. The van der Waals surface area contributed by atoms with Crippen LogP contribution in [0.1, 0.15) is 26.3 Å². The van der Waals surface area contributed by atoms with Crippen LogP contribution in [-0.2, 0) is 0 Å². The molecular formula is C20H16N2O3. The highest BCUT2D eigenvalue weighted by Gasteiger charge is 2.11. The molecule has 1 aromatic heterocycles. The van der Waals surface area contributed by atoms with Gasteiger partial charge in [0.1, 0.15) is 0 Å². The van der Waals surface area contributed by atoms with Gasteiger partial charge in [0.25, 0.3) is 5.91 Å². The Kier molecular flexibility index (Phi) is 4.57. The smallest absolute Gasteiger partial charge is 0.335 e. The van der Waals surface area contributed by atoms with Crippen molar-refractivity contribution in [2.24, 2.45) is 0 Å². The SMILES string of the molecule is Cc1ccc(C(=O)Nc2cc(C(=O)O)cc(-c3cccnc3)c2)cc1. The molecule has 3 aromatic rings. The predicted octanol–water partition coefficient (Wildman–Crippen LogP) is 4.01. The van der Waals surface area contributed by atoms with Gasteiger partial charge in [-0.2, -0.15) is 0 Å². The first-order valence-electron chi connectivity index (χ1n) is 7.70. The second kappa shape index (κ2) is 6.97. The van der Waals surface area contributed by atoms with Crippen LogP contribution in [-0.4, -0.2) is 22.0 Å². The first-order chi connectivity index (χ1) is 12.0. The maximum Gasteiger partial charge on any atom is 0.335 e. The van der Waals surface area contributed by atoms with Crippen molar-refractivity contribution in [3.63, 3.8) is 0 Å². The van der Waals surface area contributed by atoms with Gasteiger partial charge in [0.05, 0.1) is 5.56 Å². The summed E-state index contributed by atoms with van der Waals surface area (Å²) in [5, 5.41) is 12.1. The second-order valence-electron chi connectivity index (χ2n) is 5.67. The first-order valence-corrected chi connectivity index (χ1v) is 7.70. The molecule has 0 aliphatic rings. The number of carbonyl (C=O) groups is 2. The van der Waals surface area contributed by atoms with E-state index in [0.717, 1.165) is 11.1 Å². The number of amides is 1. The largest absolute Gasteiger partial charge is 0.478 e. The molecule has 1 amide bonds. The molecule has 1 heterocycles. The number of nitrogens with zero attached hydrogens (tertiary/aromatic N) is 1. The highest BCUT2D eigenvalue weighted by atomic mass is 16.4. The summed E-state index contributed by atoms with van der Waals surface area (Å²) < 4.78 is 0. The molecule has 5 heteroatoms. The fraction of sp³-hybridized carbons (Fsp3) is 0.0500. The summed E-state index contributed by atoms with van der Waals surface area (Å²) in [5.41, 5.74) is 3.53. The van der Waals surface area contributed by atoms with Gasteiger partial charge >= 0.3 is 5.97 Å². The number of aryl methyl sites for hydroxylation is 1. The molecule has 0 saturated heterocycles. The van der Waals surface area contributed by atoms with Gasteiger partial charge in [0.15, 0.2) is 0 Å². The van der Waals surface area contributed by atoms with E-state index in [1.54, 1.807) is 42.7 Å². The third-order valence-electron chi connectivity index (χ3n) is 3.75. The maximum atomic E-state index is 12.4. The van der Waals surface area contributed by atoms with Gasteiger partial charge in [0.2, 0.25) is 0 Å². The van der Waals surface area contributed by atoms with E-state index in [1.807, 2.05) is 25.1 Å². The predicted molar refractivity (Wildman–Crippen MR) is 95.8 cm³/mol. The van der Waals surface area contributed by atoms with Gasteiger partial charge in [-0.1, -0.05) is 23.8 Å². The van der Waals surface area contributed by atoms with Crippen molar-refractivity contribution in [3.8, 4) is 11.1 Å². The van der Waals surface area contributed by atoms with Crippen molar-refractivity contribution < 1.29 is 14.7 Å². The number of hydrogen-bond donors (Lipinski definition) is 2. The lowest BCUT2D eigenvalue weighted by Crippen LogP contribution is -2.12. The standard InChI is InChI=1S/C20H16N2O3/c1-13-4-6-14(7-5-13)19(23)22-18-10-16(9-17(11-18)20(24)25)15-3-2-8-21-12-15/h2-12H,1H3,(H,22,23)(H,24,25). The minimum atomic E-state index is -1.06. The van der Waals surface area contributed by atoms with Crippen LogP contribution in [0.2, 0.25) is 0 Å². The van der Waals surface area contributed by atoms with Crippen LogP contribution >= 0.6 is 0 Å². The molecule has 0 aliphatic heterocycles. The van der Waals surface area contributed by atoms with E-state index in [-0.39, 0.29) is 11.5 Å². The highest BCUT2D eigenvalue weighted by molar-refractivity contribution is 6.05. The molecule has 0 aliphatic carbocycles. The molecule has 0 unspecified atom stereocenters. The number of nitrogens with one attached hydrogen (secondary N) is 1. The van der Waals surface area contributed by atoms with Crippen LogP contribution in [0.4, 0.5) is 5.69 Å². The van der Waals surface area contributed by atoms with Gasteiger partial charge in [-0.25, -0.2) is 4.79 Å². The minimum Gasteiger partial charge on any atom is -0.478 e. The molecule has 25 heavy (non-hydrogen) atoms. The number of rotatable bonds is 4. The number of carboxylic acid groups (broad SMARTS) is 1. The molecule has 0 fully saturated rings. The lowest BCUT2D eigenvalue weighted by Gasteiger charge is -2.10. The topological polar surface area (TPSA) is 79.3 Å². The quantitative estimate of drug-likeness (QED) is 0.756. The molecule has 2 aromatic carbocycles. The minimum absolute atomic E-state index is 0.0977. The summed E-state index contributed by atoms with van der Waals surface area (Å²) in [6.45, 7) is 1.94. The Labute approximate surface area is 145 Å². The van der Waals surface area contributed by atoms with Gasteiger partial charge in [-0.15, -0.1) is 0 Å². The molecule has 0 atom stereocenters. The third kappa shape index (κ3) is 3.90. The number of benzene rings is 2. The fourth-order valence-electron chi connectivity index (χ4n) is 2.43. The van der Waals surface area contributed by atoms with E-state index in [0.29, 0.717) is 16.8 Å². The molecule has 2 N–H and O–H groups in total. The zero-order chi connectivity index (χ0) is 17.8. The summed E-state index contributed by atoms with van der Waals surface area (Å²) >= 11 is 0. The van der Waals surface area contributed by atoms with Crippen LogP contribution < -0.4 is 5.32 Å². The summed E-state index contributed by atoms with van der Waals surface area (Å²) in [7, 11) is 0.